The van der Waals surface area contributed by atoms with Crippen molar-refractivity contribution in [3.8, 4) is 17.5 Å². The van der Waals surface area contributed by atoms with E-state index in [1.54, 1.807) is 18.2 Å². The zero-order valence-electron chi connectivity index (χ0n) is 10.5. The van der Waals surface area contributed by atoms with Crippen molar-refractivity contribution in [3.05, 3.63) is 34.9 Å². The Morgan fingerprint density at radius 3 is 2.47 bits per heavy atom. The highest BCUT2D eigenvalue weighted by Crippen LogP contribution is 2.23. The van der Waals surface area contributed by atoms with Gasteiger partial charge >= 0.3 is 6.01 Å². The third kappa shape index (κ3) is 4.10. The first-order valence-electron chi connectivity index (χ1n) is 5.88. The number of halogens is 1. The van der Waals surface area contributed by atoms with E-state index in [0.717, 1.165) is 12.2 Å². The molecule has 6 heteroatoms. The Labute approximate surface area is 119 Å². The Bertz CT molecular complexity index is 526. The molecule has 100 valence electrons. The molecule has 0 spiro atoms. The number of hydrogen-bond acceptors (Lipinski definition) is 5. The van der Waals surface area contributed by atoms with E-state index in [-0.39, 0.29) is 6.01 Å². The van der Waals surface area contributed by atoms with Crippen LogP contribution in [0, 0.1) is 0 Å². The Hall–Kier alpha value is -1.82. The Kier molecular flexibility index (Phi) is 4.57. The first kappa shape index (κ1) is 13.6. The number of nitrogen functional groups attached to an aromatic ring is 1. The van der Waals surface area contributed by atoms with Gasteiger partial charge in [-0.3, -0.25) is 0 Å². The summed E-state index contributed by atoms with van der Waals surface area (Å²) >= 11 is 3.24. The lowest BCUT2D eigenvalue weighted by atomic mass is 10.3. The van der Waals surface area contributed by atoms with Gasteiger partial charge in [-0.2, -0.15) is 9.97 Å². The first-order valence-corrected chi connectivity index (χ1v) is 6.67. The predicted octanol–water partition coefficient (Wildman–Crippen LogP) is 3.40. The van der Waals surface area contributed by atoms with Crippen molar-refractivity contribution >= 4 is 21.7 Å². The van der Waals surface area contributed by atoms with Gasteiger partial charge < -0.3 is 15.2 Å². The van der Waals surface area contributed by atoms with Gasteiger partial charge in [-0.1, -0.05) is 6.92 Å². The van der Waals surface area contributed by atoms with E-state index in [9.17, 15) is 0 Å². The maximum absolute atomic E-state index is 5.61. The highest BCUT2D eigenvalue weighted by atomic mass is 79.9. The third-order valence-electron chi connectivity index (χ3n) is 2.20. The molecule has 0 aliphatic rings. The summed E-state index contributed by atoms with van der Waals surface area (Å²) in [7, 11) is 0. The molecule has 1 aromatic carbocycles. The standard InChI is InChI=1S/C13H14BrN3O2/c1-2-7-18-9-3-5-10(6-4-9)19-13-16-11(14)8-12(15)17-13/h3-6,8H,2,7H2,1H3,(H2,15,16,17). The highest BCUT2D eigenvalue weighted by molar-refractivity contribution is 9.10. The van der Waals surface area contributed by atoms with Crippen molar-refractivity contribution in [3.63, 3.8) is 0 Å². The lowest BCUT2D eigenvalue weighted by Gasteiger charge is -2.07. The Morgan fingerprint density at radius 2 is 1.84 bits per heavy atom. The molecular formula is C13H14BrN3O2. The number of hydrogen-bond donors (Lipinski definition) is 1. The quantitative estimate of drug-likeness (QED) is 0.854. The van der Waals surface area contributed by atoms with E-state index >= 15 is 0 Å². The SMILES string of the molecule is CCCOc1ccc(Oc2nc(N)cc(Br)n2)cc1. The minimum Gasteiger partial charge on any atom is -0.494 e. The largest absolute Gasteiger partial charge is 0.494 e. The molecule has 0 radical (unpaired) electrons. The summed E-state index contributed by atoms with van der Waals surface area (Å²) in [5.74, 6) is 1.78. The van der Waals surface area contributed by atoms with E-state index in [1.807, 2.05) is 12.1 Å². The summed E-state index contributed by atoms with van der Waals surface area (Å²) in [6, 6.07) is 9.08. The van der Waals surface area contributed by atoms with Crippen LogP contribution in [0.3, 0.4) is 0 Å². The third-order valence-corrected chi connectivity index (χ3v) is 2.61. The van der Waals surface area contributed by atoms with Crippen LogP contribution < -0.4 is 15.2 Å². The van der Waals surface area contributed by atoms with Gasteiger partial charge in [-0.15, -0.1) is 0 Å². The van der Waals surface area contributed by atoms with Crippen LogP contribution in [0.4, 0.5) is 5.82 Å². The van der Waals surface area contributed by atoms with Crippen LogP contribution in [0.5, 0.6) is 17.5 Å². The summed E-state index contributed by atoms with van der Waals surface area (Å²) in [5.41, 5.74) is 5.61. The maximum Gasteiger partial charge on any atom is 0.325 e. The fourth-order valence-electron chi connectivity index (χ4n) is 1.39. The number of benzene rings is 1. The molecule has 0 amide bonds. The van der Waals surface area contributed by atoms with Crippen molar-refractivity contribution in [2.45, 2.75) is 13.3 Å². The van der Waals surface area contributed by atoms with Crippen LogP contribution in [-0.2, 0) is 0 Å². The molecule has 1 heterocycles. The van der Waals surface area contributed by atoms with Gasteiger partial charge in [0.25, 0.3) is 0 Å². The number of nitrogens with two attached hydrogens (primary N) is 1. The molecule has 0 unspecified atom stereocenters. The van der Waals surface area contributed by atoms with Gasteiger partial charge in [0, 0.05) is 6.07 Å². The highest BCUT2D eigenvalue weighted by Gasteiger charge is 2.04. The second-order valence-electron chi connectivity index (χ2n) is 3.82. The number of nitrogens with zero attached hydrogens (tertiary/aromatic N) is 2. The normalized spacial score (nSPS) is 10.2. The van der Waals surface area contributed by atoms with E-state index in [4.69, 9.17) is 15.2 Å². The average Bonchev–Trinajstić information content (AvgIpc) is 2.37. The second-order valence-corrected chi connectivity index (χ2v) is 4.63. The summed E-state index contributed by atoms with van der Waals surface area (Å²) in [6.07, 6.45) is 0.976. The summed E-state index contributed by atoms with van der Waals surface area (Å²) in [5, 5.41) is 0. The molecule has 2 rings (SSSR count). The number of aromatic nitrogens is 2. The lowest BCUT2D eigenvalue weighted by Crippen LogP contribution is -1.97. The fraction of sp³-hybridized carbons (Fsp3) is 0.231. The molecule has 0 atom stereocenters. The monoisotopic (exact) mass is 323 g/mol. The number of anilines is 1. The van der Waals surface area contributed by atoms with E-state index in [0.29, 0.717) is 22.8 Å². The zero-order chi connectivity index (χ0) is 13.7. The van der Waals surface area contributed by atoms with Crippen LogP contribution in [0.25, 0.3) is 0 Å². The molecule has 0 aliphatic heterocycles. The second kappa shape index (κ2) is 6.38. The van der Waals surface area contributed by atoms with E-state index in [2.05, 4.69) is 32.8 Å². The molecule has 5 nitrogen and oxygen atoms in total. The molecule has 0 saturated carbocycles. The van der Waals surface area contributed by atoms with Crippen molar-refractivity contribution in [1.82, 2.24) is 9.97 Å². The molecule has 0 aliphatic carbocycles. The summed E-state index contributed by atoms with van der Waals surface area (Å²) in [6.45, 7) is 2.76. The minimum absolute atomic E-state index is 0.203. The fourth-order valence-corrected chi connectivity index (χ4v) is 1.77. The Balaban J connectivity index is 2.06. The summed E-state index contributed by atoms with van der Waals surface area (Å²) in [4.78, 5) is 8.06. The van der Waals surface area contributed by atoms with Gasteiger partial charge in [-0.25, -0.2) is 0 Å². The maximum atomic E-state index is 5.61. The van der Waals surface area contributed by atoms with Crippen LogP contribution >= 0.6 is 15.9 Å². The Morgan fingerprint density at radius 1 is 1.16 bits per heavy atom. The van der Waals surface area contributed by atoms with Crippen molar-refractivity contribution < 1.29 is 9.47 Å². The van der Waals surface area contributed by atoms with Gasteiger partial charge in [0.1, 0.15) is 21.9 Å². The topological polar surface area (TPSA) is 70.3 Å². The molecule has 0 bridgehead atoms. The molecule has 1 aromatic heterocycles. The lowest BCUT2D eigenvalue weighted by molar-refractivity contribution is 0.317. The predicted molar refractivity (Wildman–Crippen MR) is 76.4 cm³/mol. The molecule has 2 N–H and O–H groups in total. The van der Waals surface area contributed by atoms with Crippen molar-refractivity contribution in [1.29, 1.82) is 0 Å². The van der Waals surface area contributed by atoms with Crippen LogP contribution in [0.15, 0.2) is 34.9 Å². The van der Waals surface area contributed by atoms with E-state index in [1.165, 1.54) is 0 Å². The average molecular weight is 324 g/mol. The van der Waals surface area contributed by atoms with Gasteiger partial charge in [0.2, 0.25) is 0 Å². The van der Waals surface area contributed by atoms with Gasteiger partial charge in [0.15, 0.2) is 0 Å². The van der Waals surface area contributed by atoms with Crippen molar-refractivity contribution in [2.75, 3.05) is 12.3 Å². The number of rotatable bonds is 5. The van der Waals surface area contributed by atoms with Crippen molar-refractivity contribution in [2.24, 2.45) is 0 Å². The van der Waals surface area contributed by atoms with Gasteiger partial charge in [-0.05, 0) is 46.6 Å². The van der Waals surface area contributed by atoms with Crippen LogP contribution in [-0.4, -0.2) is 16.6 Å². The van der Waals surface area contributed by atoms with Crippen LogP contribution in [0.1, 0.15) is 13.3 Å². The molecule has 0 saturated heterocycles. The van der Waals surface area contributed by atoms with Crippen LogP contribution in [0.2, 0.25) is 0 Å². The summed E-state index contributed by atoms with van der Waals surface area (Å²) < 4.78 is 11.6. The molecule has 0 fully saturated rings. The number of ether oxygens (including phenoxy) is 2. The zero-order valence-corrected chi connectivity index (χ0v) is 12.1. The molecule has 2 aromatic rings. The molecular weight excluding hydrogens is 310 g/mol. The first-order chi connectivity index (χ1) is 9.17. The smallest absolute Gasteiger partial charge is 0.325 e. The van der Waals surface area contributed by atoms with Gasteiger partial charge in [0.05, 0.1) is 6.61 Å². The van der Waals surface area contributed by atoms with E-state index < -0.39 is 0 Å². The molecule has 19 heavy (non-hydrogen) atoms. The minimum atomic E-state index is 0.203.